The summed E-state index contributed by atoms with van der Waals surface area (Å²) in [4.78, 5) is 16.4. The lowest BCUT2D eigenvalue weighted by molar-refractivity contribution is 0.0697. The molecule has 30 heavy (non-hydrogen) atoms. The highest BCUT2D eigenvalue weighted by Crippen LogP contribution is 2.42. The maximum atomic E-state index is 11.5. The molecule has 0 radical (unpaired) electrons. The number of hydrogen-bond acceptors (Lipinski definition) is 2. The molecule has 0 unspecified atom stereocenters. The first-order chi connectivity index (χ1) is 14.5. The monoisotopic (exact) mass is 396 g/mol. The number of aromatic carboxylic acids is 1. The van der Waals surface area contributed by atoms with Gasteiger partial charge in [0, 0.05) is 23.3 Å². The molecule has 2 aromatic heterocycles. The minimum Gasteiger partial charge on any atom is -0.478 e. The minimum atomic E-state index is -0.903. The van der Waals surface area contributed by atoms with Crippen molar-refractivity contribution in [3.05, 3.63) is 88.7 Å². The number of carbonyl (C=O) groups is 1. The van der Waals surface area contributed by atoms with E-state index in [1.165, 1.54) is 35.0 Å². The average molecular weight is 396 g/mol. The van der Waals surface area contributed by atoms with Gasteiger partial charge in [-0.25, -0.2) is 9.78 Å². The zero-order valence-corrected chi connectivity index (χ0v) is 17.2. The molecule has 1 N–H and O–H groups in total. The van der Waals surface area contributed by atoms with Gasteiger partial charge in [0.1, 0.15) is 5.65 Å². The van der Waals surface area contributed by atoms with Crippen molar-refractivity contribution >= 4 is 17.0 Å². The number of hydrogen-bond donors (Lipinski definition) is 1. The van der Waals surface area contributed by atoms with Crippen LogP contribution < -0.4 is 0 Å². The van der Waals surface area contributed by atoms with E-state index < -0.39 is 5.97 Å². The summed E-state index contributed by atoms with van der Waals surface area (Å²) in [5.41, 5.74) is 7.94. The Morgan fingerprint density at radius 2 is 1.80 bits per heavy atom. The van der Waals surface area contributed by atoms with Crippen molar-refractivity contribution < 1.29 is 9.90 Å². The summed E-state index contributed by atoms with van der Waals surface area (Å²) >= 11 is 0. The average Bonchev–Trinajstić information content (AvgIpc) is 3.52. The summed E-state index contributed by atoms with van der Waals surface area (Å²) in [5.74, 6) is -0.264. The molecule has 0 bridgehead atoms. The number of rotatable bonds is 5. The van der Waals surface area contributed by atoms with Gasteiger partial charge in [-0.15, -0.1) is 0 Å². The van der Waals surface area contributed by atoms with Gasteiger partial charge in [-0.05, 0) is 73.1 Å². The van der Waals surface area contributed by atoms with Gasteiger partial charge in [-0.1, -0.05) is 42.5 Å². The predicted octanol–water partition coefficient (Wildman–Crippen LogP) is 5.94. The molecule has 4 heteroatoms. The molecule has 0 aliphatic heterocycles. The number of benzene rings is 2. The van der Waals surface area contributed by atoms with Crippen LogP contribution in [0.3, 0.4) is 0 Å². The SMILES string of the molecule is Cc1cc(C)c2cc(C3CC3)n(Cc3ccc(-c4ccccc4C(=O)O)cc3)c2n1. The van der Waals surface area contributed by atoms with Crippen LogP contribution in [0.25, 0.3) is 22.2 Å². The van der Waals surface area contributed by atoms with Crippen molar-refractivity contribution in [1.29, 1.82) is 0 Å². The third-order valence-corrected chi connectivity index (χ3v) is 5.99. The van der Waals surface area contributed by atoms with E-state index in [0.717, 1.165) is 29.0 Å². The molecule has 4 aromatic rings. The zero-order chi connectivity index (χ0) is 20.8. The highest BCUT2D eigenvalue weighted by atomic mass is 16.4. The van der Waals surface area contributed by atoms with Crippen LogP contribution in [0.4, 0.5) is 0 Å². The van der Waals surface area contributed by atoms with Crippen LogP contribution in [0, 0.1) is 13.8 Å². The molecule has 2 aromatic carbocycles. The lowest BCUT2D eigenvalue weighted by Crippen LogP contribution is -2.05. The van der Waals surface area contributed by atoms with Crippen molar-refractivity contribution in [2.45, 2.75) is 39.2 Å². The standard InChI is InChI=1S/C26H24N2O2/c1-16-13-17(2)27-25-23(16)14-24(20-11-12-20)28(25)15-18-7-9-19(10-8-18)21-5-3-4-6-22(21)26(29)30/h3-10,13-14,20H,11-12,15H2,1-2H3,(H,29,30). The molecule has 0 amide bonds. The molecule has 1 aliphatic rings. The van der Waals surface area contributed by atoms with Gasteiger partial charge in [0.25, 0.3) is 0 Å². The van der Waals surface area contributed by atoms with Crippen LogP contribution in [-0.4, -0.2) is 20.6 Å². The number of pyridine rings is 1. The van der Waals surface area contributed by atoms with Crippen LogP contribution in [0.5, 0.6) is 0 Å². The molecule has 1 saturated carbocycles. The molecule has 150 valence electrons. The first-order valence-corrected chi connectivity index (χ1v) is 10.4. The summed E-state index contributed by atoms with van der Waals surface area (Å²) in [6.45, 7) is 4.98. The number of carboxylic acids is 1. The van der Waals surface area contributed by atoms with E-state index in [1.807, 2.05) is 24.3 Å². The Labute approximate surface area is 175 Å². The molecule has 4 nitrogen and oxygen atoms in total. The first-order valence-electron chi connectivity index (χ1n) is 10.4. The second-order valence-corrected chi connectivity index (χ2v) is 8.30. The van der Waals surface area contributed by atoms with Gasteiger partial charge in [-0.2, -0.15) is 0 Å². The van der Waals surface area contributed by atoms with E-state index in [-0.39, 0.29) is 0 Å². The van der Waals surface area contributed by atoms with E-state index >= 15 is 0 Å². The van der Waals surface area contributed by atoms with Crippen molar-refractivity contribution in [2.75, 3.05) is 0 Å². The van der Waals surface area contributed by atoms with Gasteiger partial charge >= 0.3 is 5.97 Å². The Morgan fingerprint density at radius 1 is 1.07 bits per heavy atom. The molecule has 1 aliphatic carbocycles. The van der Waals surface area contributed by atoms with Crippen LogP contribution in [0.15, 0.2) is 60.7 Å². The van der Waals surface area contributed by atoms with E-state index in [0.29, 0.717) is 11.5 Å². The molecule has 0 atom stereocenters. The van der Waals surface area contributed by atoms with Crippen LogP contribution in [0.1, 0.15) is 51.6 Å². The molecule has 5 rings (SSSR count). The third kappa shape index (κ3) is 3.28. The molecule has 2 heterocycles. The molecule has 0 spiro atoms. The van der Waals surface area contributed by atoms with Crippen LogP contribution in [0.2, 0.25) is 0 Å². The lowest BCUT2D eigenvalue weighted by atomic mass is 9.99. The molecular weight excluding hydrogens is 372 g/mol. The summed E-state index contributed by atoms with van der Waals surface area (Å²) < 4.78 is 2.37. The van der Waals surface area contributed by atoms with Crippen molar-refractivity contribution in [2.24, 2.45) is 0 Å². The van der Waals surface area contributed by atoms with Gasteiger partial charge in [0.05, 0.1) is 5.56 Å². The minimum absolute atomic E-state index is 0.327. The number of aryl methyl sites for hydroxylation is 2. The van der Waals surface area contributed by atoms with E-state index in [2.05, 4.69) is 42.7 Å². The van der Waals surface area contributed by atoms with Gasteiger partial charge in [-0.3, -0.25) is 0 Å². The van der Waals surface area contributed by atoms with Crippen LogP contribution >= 0.6 is 0 Å². The predicted molar refractivity (Wildman–Crippen MR) is 119 cm³/mol. The summed E-state index contributed by atoms with van der Waals surface area (Å²) in [6.07, 6.45) is 2.50. The van der Waals surface area contributed by atoms with Crippen LogP contribution in [-0.2, 0) is 6.54 Å². The second kappa shape index (κ2) is 7.13. The second-order valence-electron chi connectivity index (χ2n) is 8.30. The summed E-state index contributed by atoms with van der Waals surface area (Å²) in [5, 5.41) is 10.7. The van der Waals surface area contributed by atoms with Crippen molar-refractivity contribution in [3.63, 3.8) is 0 Å². The largest absolute Gasteiger partial charge is 0.478 e. The normalized spacial score (nSPS) is 13.7. The quantitative estimate of drug-likeness (QED) is 0.454. The first kappa shape index (κ1) is 18.6. The molecule has 1 fully saturated rings. The maximum absolute atomic E-state index is 11.5. The van der Waals surface area contributed by atoms with Crippen molar-refractivity contribution in [1.82, 2.24) is 9.55 Å². The fraction of sp³-hybridized carbons (Fsp3) is 0.231. The summed E-state index contributed by atoms with van der Waals surface area (Å²) in [6, 6.07) is 19.8. The number of carboxylic acid groups (broad SMARTS) is 1. The smallest absolute Gasteiger partial charge is 0.336 e. The van der Waals surface area contributed by atoms with Gasteiger partial charge in [0.2, 0.25) is 0 Å². The Morgan fingerprint density at radius 3 is 2.50 bits per heavy atom. The van der Waals surface area contributed by atoms with E-state index in [9.17, 15) is 9.90 Å². The number of aromatic nitrogens is 2. The van der Waals surface area contributed by atoms with E-state index in [1.54, 1.807) is 12.1 Å². The maximum Gasteiger partial charge on any atom is 0.336 e. The number of nitrogens with zero attached hydrogens (tertiary/aromatic N) is 2. The zero-order valence-electron chi connectivity index (χ0n) is 17.2. The fourth-order valence-electron chi connectivity index (χ4n) is 4.34. The lowest BCUT2D eigenvalue weighted by Gasteiger charge is -2.12. The topological polar surface area (TPSA) is 55.1 Å². The third-order valence-electron chi connectivity index (χ3n) is 5.99. The van der Waals surface area contributed by atoms with Crippen molar-refractivity contribution in [3.8, 4) is 11.1 Å². The molecular formula is C26H24N2O2. The van der Waals surface area contributed by atoms with Gasteiger partial charge in [0.15, 0.2) is 0 Å². The van der Waals surface area contributed by atoms with Gasteiger partial charge < -0.3 is 9.67 Å². The Balaban J connectivity index is 1.52. The number of fused-ring (bicyclic) bond motifs is 1. The fourth-order valence-corrected chi connectivity index (χ4v) is 4.34. The highest BCUT2D eigenvalue weighted by Gasteiger charge is 2.28. The molecule has 0 saturated heterocycles. The Bertz CT molecular complexity index is 1260. The Hall–Kier alpha value is -3.40. The Kier molecular flexibility index (Phi) is 4.43. The highest BCUT2D eigenvalue weighted by molar-refractivity contribution is 5.96. The van der Waals surface area contributed by atoms with E-state index in [4.69, 9.17) is 4.98 Å². The summed E-state index contributed by atoms with van der Waals surface area (Å²) in [7, 11) is 0.